The maximum Gasteiger partial charge on any atom is 0.308 e. The van der Waals surface area contributed by atoms with E-state index in [9.17, 15) is 9.59 Å². The van der Waals surface area contributed by atoms with Crippen LogP contribution in [0, 0.1) is 20.8 Å². The Kier molecular flexibility index (Phi) is 4.04. The zero-order valence-corrected chi connectivity index (χ0v) is 12.8. The van der Waals surface area contributed by atoms with Crippen molar-refractivity contribution in [1.29, 1.82) is 0 Å². The second-order valence-electron chi connectivity index (χ2n) is 5.11. The molecule has 0 aliphatic carbocycles. The zero-order valence-electron chi connectivity index (χ0n) is 12.0. The molecule has 1 unspecified atom stereocenters. The summed E-state index contributed by atoms with van der Waals surface area (Å²) in [5.41, 5.74) is 3.70. The Morgan fingerprint density at radius 2 is 1.90 bits per heavy atom. The van der Waals surface area contributed by atoms with Crippen LogP contribution >= 0.6 is 11.6 Å². The highest BCUT2D eigenvalue weighted by Crippen LogP contribution is 2.43. The van der Waals surface area contributed by atoms with Crippen LogP contribution in [0.15, 0.2) is 0 Å². The van der Waals surface area contributed by atoms with Crippen LogP contribution in [0.4, 0.5) is 0 Å². The van der Waals surface area contributed by atoms with Gasteiger partial charge >= 0.3 is 5.97 Å². The van der Waals surface area contributed by atoms with E-state index < -0.39 is 5.24 Å². The number of halogens is 1. The molecule has 2 rings (SSSR count). The summed E-state index contributed by atoms with van der Waals surface area (Å²) in [6.07, 6.45) is 0.547. The van der Waals surface area contributed by atoms with Crippen LogP contribution < -0.4 is 9.47 Å². The van der Waals surface area contributed by atoms with E-state index in [2.05, 4.69) is 0 Å². The number of hydrogen-bond acceptors (Lipinski definition) is 4. The molecule has 4 nitrogen and oxygen atoms in total. The first-order chi connectivity index (χ1) is 9.31. The Morgan fingerprint density at radius 1 is 1.25 bits per heavy atom. The number of esters is 1. The smallest absolute Gasteiger partial charge is 0.308 e. The van der Waals surface area contributed by atoms with Gasteiger partial charge in [0.2, 0.25) is 5.24 Å². The van der Waals surface area contributed by atoms with Crippen molar-refractivity contribution in [2.45, 2.75) is 46.6 Å². The van der Waals surface area contributed by atoms with Gasteiger partial charge in [-0.05, 0) is 49.1 Å². The van der Waals surface area contributed by atoms with Crippen molar-refractivity contribution in [2.75, 3.05) is 0 Å². The highest BCUT2D eigenvalue weighted by molar-refractivity contribution is 6.63. The Bertz CT molecular complexity index is 592. The number of fused-ring (bicyclic) bond motifs is 1. The van der Waals surface area contributed by atoms with Crippen LogP contribution in [-0.4, -0.2) is 17.3 Å². The Hall–Kier alpha value is -1.55. The molecule has 0 radical (unpaired) electrons. The summed E-state index contributed by atoms with van der Waals surface area (Å²) < 4.78 is 11.1. The molecule has 1 aromatic rings. The van der Waals surface area contributed by atoms with Crippen molar-refractivity contribution in [2.24, 2.45) is 0 Å². The molecule has 0 fully saturated rings. The van der Waals surface area contributed by atoms with Crippen molar-refractivity contribution < 1.29 is 19.1 Å². The molecule has 1 aromatic carbocycles. The monoisotopic (exact) mass is 296 g/mol. The standard InChI is InChI=1S/C15H17ClO4/c1-7-8(2)15-12(5-11(20-15)6-13(16)18)9(3)14(7)19-10(4)17/h11H,5-6H2,1-4H3. The van der Waals surface area contributed by atoms with Crippen molar-refractivity contribution >= 4 is 22.8 Å². The fraction of sp³-hybridized carbons (Fsp3) is 0.467. The van der Waals surface area contributed by atoms with Crippen LogP contribution in [0.1, 0.15) is 35.6 Å². The molecule has 0 saturated carbocycles. The third kappa shape index (κ3) is 2.66. The molecule has 0 amide bonds. The minimum absolute atomic E-state index is 0.178. The van der Waals surface area contributed by atoms with Crippen LogP contribution in [-0.2, 0) is 16.0 Å². The summed E-state index contributed by atoms with van der Waals surface area (Å²) in [6.45, 7) is 7.10. The molecule has 0 spiro atoms. The summed E-state index contributed by atoms with van der Waals surface area (Å²) in [5, 5.41) is -0.407. The quantitative estimate of drug-likeness (QED) is 0.489. The number of rotatable bonds is 3. The van der Waals surface area contributed by atoms with Gasteiger partial charge in [-0.1, -0.05) is 0 Å². The van der Waals surface area contributed by atoms with Crippen molar-refractivity contribution in [3.05, 3.63) is 22.3 Å². The number of hydrogen-bond donors (Lipinski definition) is 0. The van der Waals surface area contributed by atoms with Crippen LogP contribution in [0.25, 0.3) is 0 Å². The average Bonchev–Trinajstić information content (AvgIpc) is 2.75. The number of benzene rings is 1. The highest BCUT2D eigenvalue weighted by Gasteiger charge is 2.30. The molecule has 1 heterocycles. The van der Waals surface area contributed by atoms with E-state index in [-0.39, 0.29) is 18.5 Å². The Morgan fingerprint density at radius 3 is 2.45 bits per heavy atom. The molecular formula is C15H17ClO4. The predicted molar refractivity (Wildman–Crippen MR) is 75.6 cm³/mol. The third-order valence-electron chi connectivity index (χ3n) is 3.66. The van der Waals surface area contributed by atoms with Gasteiger partial charge in [-0.3, -0.25) is 9.59 Å². The van der Waals surface area contributed by atoms with E-state index in [1.807, 2.05) is 20.8 Å². The summed E-state index contributed by atoms with van der Waals surface area (Å²) >= 11 is 5.42. The van der Waals surface area contributed by atoms with Gasteiger partial charge in [0.25, 0.3) is 0 Å². The molecule has 1 aliphatic rings. The highest BCUT2D eigenvalue weighted by atomic mass is 35.5. The summed E-state index contributed by atoms with van der Waals surface area (Å²) in [5.74, 6) is 1.04. The summed E-state index contributed by atoms with van der Waals surface area (Å²) in [4.78, 5) is 22.2. The molecular weight excluding hydrogens is 280 g/mol. The molecule has 0 N–H and O–H groups in total. The lowest BCUT2D eigenvalue weighted by atomic mass is 9.95. The van der Waals surface area contributed by atoms with Crippen molar-refractivity contribution in [3.8, 4) is 11.5 Å². The van der Waals surface area contributed by atoms with Gasteiger partial charge in [0.1, 0.15) is 17.6 Å². The first kappa shape index (κ1) is 14.9. The molecule has 108 valence electrons. The maximum absolute atomic E-state index is 11.2. The van der Waals surface area contributed by atoms with E-state index in [1.54, 1.807) is 0 Å². The lowest BCUT2D eigenvalue weighted by Gasteiger charge is -2.16. The number of carbonyl (C=O) groups is 2. The second kappa shape index (κ2) is 5.44. The van der Waals surface area contributed by atoms with Gasteiger partial charge in [-0.25, -0.2) is 0 Å². The van der Waals surface area contributed by atoms with Crippen LogP contribution in [0.5, 0.6) is 11.5 Å². The average molecular weight is 297 g/mol. The first-order valence-corrected chi connectivity index (χ1v) is 6.85. The molecule has 0 bridgehead atoms. The molecule has 1 aliphatic heterocycles. The fourth-order valence-electron chi connectivity index (χ4n) is 2.59. The van der Waals surface area contributed by atoms with Crippen LogP contribution in [0.2, 0.25) is 0 Å². The molecule has 0 aromatic heterocycles. The summed E-state index contributed by atoms with van der Waals surface area (Å²) in [6, 6.07) is 0. The second-order valence-corrected chi connectivity index (χ2v) is 5.53. The lowest BCUT2D eigenvalue weighted by Crippen LogP contribution is -2.15. The van der Waals surface area contributed by atoms with Crippen LogP contribution in [0.3, 0.4) is 0 Å². The third-order valence-corrected chi connectivity index (χ3v) is 3.82. The Balaban J connectivity index is 2.44. The van der Waals surface area contributed by atoms with Crippen molar-refractivity contribution in [3.63, 3.8) is 0 Å². The minimum atomic E-state index is -0.407. The predicted octanol–water partition coefficient (Wildman–Crippen LogP) is 3.00. The zero-order chi connectivity index (χ0) is 15.0. The summed E-state index contributed by atoms with van der Waals surface area (Å²) in [7, 11) is 0. The van der Waals surface area contributed by atoms with E-state index in [1.165, 1.54) is 6.92 Å². The van der Waals surface area contributed by atoms with Gasteiger partial charge in [0.05, 0.1) is 6.42 Å². The first-order valence-electron chi connectivity index (χ1n) is 6.47. The minimum Gasteiger partial charge on any atom is -0.489 e. The fourth-order valence-corrected chi connectivity index (χ4v) is 2.76. The Labute approximate surface area is 123 Å². The maximum atomic E-state index is 11.2. The van der Waals surface area contributed by atoms with Gasteiger partial charge < -0.3 is 9.47 Å². The van der Waals surface area contributed by atoms with Gasteiger partial charge in [0, 0.05) is 18.9 Å². The normalized spacial score (nSPS) is 16.6. The molecule has 5 heteroatoms. The lowest BCUT2D eigenvalue weighted by molar-refractivity contribution is -0.132. The van der Waals surface area contributed by atoms with Crippen molar-refractivity contribution in [1.82, 2.24) is 0 Å². The number of carbonyl (C=O) groups excluding carboxylic acids is 2. The van der Waals surface area contributed by atoms with Gasteiger partial charge in [-0.2, -0.15) is 0 Å². The number of ether oxygens (including phenoxy) is 2. The van der Waals surface area contributed by atoms with Gasteiger partial charge in [-0.15, -0.1) is 0 Å². The van der Waals surface area contributed by atoms with E-state index in [4.69, 9.17) is 21.1 Å². The molecule has 0 saturated heterocycles. The van der Waals surface area contributed by atoms with E-state index in [0.29, 0.717) is 12.2 Å². The SMILES string of the molecule is CC(=O)Oc1c(C)c(C)c2c(c1C)CC(CC(=O)Cl)O2. The largest absolute Gasteiger partial charge is 0.489 e. The van der Waals surface area contributed by atoms with Gasteiger partial charge in [0.15, 0.2) is 0 Å². The van der Waals surface area contributed by atoms with E-state index >= 15 is 0 Å². The topological polar surface area (TPSA) is 52.6 Å². The molecule has 20 heavy (non-hydrogen) atoms. The van der Waals surface area contributed by atoms with E-state index in [0.717, 1.165) is 28.0 Å². The molecule has 1 atom stereocenters.